The number of carbonyl (C=O) groups excluding carboxylic acids is 1. The van der Waals surface area contributed by atoms with Crippen molar-refractivity contribution in [3.8, 4) is 0 Å². The van der Waals surface area contributed by atoms with Gasteiger partial charge in [0.1, 0.15) is 12.1 Å². The molecule has 0 saturated carbocycles. The van der Waals surface area contributed by atoms with Gasteiger partial charge in [0.25, 0.3) is 0 Å². The first-order valence-electron chi connectivity index (χ1n) is 5.81. The summed E-state index contributed by atoms with van der Waals surface area (Å²) in [5.41, 5.74) is 0.385. The lowest BCUT2D eigenvalue weighted by Gasteiger charge is -2.17. The molecule has 0 spiro atoms. The summed E-state index contributed by atoms with van der Waals surface area (Å²) in [6.07, 6.45) is 0.660. The Morgan fingerprint density at radius 3 is 2.59 bits per heavy atom. The summed E-state index contributed by atoms with van der Waals surface area (Å²) >= 11 is 1.49. The third-order valence-electron chi connectivity index (χ3n) is 2.65. The molecule has 17 heavy (non-hydrogen) atoms. The second-order valence-electron chi connectivity index (χ2n) is 3.68. The summed E-state index contributed by atoms with van der Waals surface area (Å²) in [4.78, 5) is 13.4. The maximum Gasteiger partial charge on any atom is 0.150 e. The molecular formula is C13H18FNOS. The van der Waals surface area contributed by atoms with Crippen LogP contribution in [0.25, 0.3) is 0 Å². The molecule has 0 atom stereocenters. The molecule has 94 valence electrons. The predicted molar refractivity (Wildman–Crippen MR) is 70.3 cm³/mol. The molecule has 0 N–H and O–H groups in total. The number of benzene rings is 1. The van der Waals surface area contributed by atoms with Crippen LogP contribution in [-0.4, -0.2) is 36.6 Å². The smallest absolute Gasteiger partial charge is 0.150 e. The summed E-state index contributed by atoms with van der Waals surface area (Å²) in [6.45, 7) is 7.22. The van der Waals surface area contributed by atoms with Gasteiger partial charge in [-0.25, -0.2) is 4.39 Å². The van der Waals surface area contributed by atoms with Gasteiger partial charge in [0.05, 0.1) is 0 Å². The molecule has 0 saturated heterocycles. The molecule has 0 bridgehead atoms. The van der Waals surface area contributed by atoms with Gasteiger partial charge in [0, 0.05) is 22.8 Å². The second-order valence-corrected chi connectivity index (χ2v) is 4.82. The van der Waals surface area contributed by atoms with Crippen molar-refractivity contribution in [2.75, 3.05) is 25.4 Å². The minimum Gasteiger partial charge on any atom is -0.303 e. The number of nitrogens with zero attached hydrogens (tertiary/aromatic N) is 1. The highest BCUT2D eigenvalue weighted by atomic mass is 32.2. The Balaban J connectivity index is 2.49. The van der Waals surface area contributed by atoms with Crippen molar-refractivity contribution >= 4 is 18.0 Å². The molecule has 0 aliphatic rings. The van der Waals surface area contributed by atoms with Gasteiger partial charge in [0.15, 0.2) is 0 Å². The third kappa shape index (κ3) is 4.48. The Morgan fingerprint density at radius 1 is 1.35 bits per heavy atom. The van der Waals surface area contributed by atoms with Gasteiger partial charge >= 0.3 is 0 Å². The average molecular weight is 255 g/mol. The topological polar surface area (TPSA) is 20.3 Å². The zero-order chi connectivity index (χ0) is 12.7. The van der Waals surface area contributed by atoms with Crippen molar-refractivity contribution in [3.05, 3.63) is 29.6 Å². The lowest BCUT2D eigenvalue weighted by molar-refractivity contribution is 0.112. The molecule has 4 heteroatoms. The molecule has 1 aromatic carbocycles. The summed E-state index contributed by atoms with van der Waals surface area (Å²) in [5.74, 6) is 0.554. The minimum absolute atomic E-state index is 0.306. The molecule has 1 aromatic rings. The highest BCUT2D eigenvalue weighted by molar-refractivity contribution is 7.99. The molecule has 0 aliphatic heterocycles. The highest BCUT2D eigenvalue weighted by Gasteiger charge is 2.05. The number of halogens is 1. The molecule has 0 aliphatic carbocycles. The van der Waals surface area contributed by atoms with Gasteiger partial charge in [-0.15, -0.1) is 11.8 Å². The lowest BCUT2D eigenvalue weighted by Crippen LogP contribution is -2.25. The molecular weight excluding hydrogens is 237 g/mol. The van der Waals surface area contributed by atoms with E-state index in [0.29, 0.717) is 16.7 Å². The van der Waals surface area contributed by atoms with Crippen LogP contribution in [0.1, 0.15) is 24.2 Å². The van der Waals surface area contributed by atoms with Crippen LogP contribution in [0.4, 0.5) is 4.39 Å². The maximum absolute atomic E-state index is 13.5. The van der Waals surface area contributed by atoms with Crippen LogP contribution in [0.15, 0.2) is 23.1 Å². The van der Waals surface area contributed by atoms with Crippen molar-refractivity contribution in [2.24, 2.45) is 0 Å². The van der Waals surface area contributed by atoms with Crippen molar-refractivity contribution in [1.82, 2.24) is 4.90 Å². The molecule has 0 radical (unpaired) electrons. The van der Waals surface area contributed by atoms with Crippen LogP contribution in [0.2, 0.25) is 0 Å². The molecule has 2 nitrogen and oxygen atoms in total. The number of carbonyl (C=O) groups is 1. The Morgan fingerprint density at radius 2 is 2.06 bits per heavy atom. The van der Waals surface area contributed by atoms with E-state index in [-0.39, 0.29) is 5.82 Å². The normalized spacial score (nSPS) is 10.8. The monoisotopic (exact) mass is 255 g/mol. The van der Waals surface area contributed by atoms with Crippen LogP contribution in [0.3, 0.4) is 0 Å². The maximum atomic E-state index is 13.5. The molecule has 0 aromatic heterocycles. The largest absolute Gasteiger partial charge is 0.303 e. The summed E-state index contributed by atoms with van der Waals surface area (Å²) in [7, 11) is 0. The number of aldehydes is 1. The summed E-state index contributed by atoms with van der Waals surface area (Å²) < 4.78 is 13.5. The van der Waals surface area contributed by atoms with Crippen LogP contribution < -0.4 is 0 Å². The van der Waals surface area contributed by atoms with E-state index in [1.165, 1.54) is 17.8 Å². The van der Waals surface area contributed by atoms with Crippen molar-refractivity contribution in [2.45, 2.75) is 18.7 Å². The van der Waals surface area contributed by atoms with Gasteiger partial charge < -0.3 is 4.90 Å². The number of rotatable bonds is 7. The van der Waals surface area contributed by atoms with Gasteiger partial charge in [0.2, 0.25) is 0 Å². The Labute approximate surface area is 106 Å². The van der Waals surface area contributed by atoms with Gasteiger partial charge in [-0.1, -0.05) is 19.9 Å². The van der Waals surface area contributed by atoms with Crippen LogP contribution in [0.5, 0.6) is 0 Å². The van der Waals surface area contributed by atoms with E-state index >= 15 is 0 Å². The van der Waals surface area contributed by atoms with E-state index in [2.05, 4.69) is 18.7 Å². The second kappa shape index (κ2) is 7.45. The predicted octanol–water partition coefficient (Wildman–Crippen LogP) is 3.07. The van der Waals surface area contributed by atoms with Crippen LogP contribution in [-0.2, 0) is 0 Å². The van der Waals surface area contributed by atoms with E-state index < -0.39 is 0 Å². The van der Waals surface area contributed by atoms with Crippen molar-refractivity contribution in [1.29, 1.82) is 0 Å². The molecule has 0 unspecified atom stereocenters. The molecule has 1 rings (SSSR count). The van der Waals surface area contributed by atoms with Gasteiger partial charge in [-0.3, -0.25) is 4.79 Å². The minimum atomic E-state index is -0.306. The van der Waals surface area contributed by atoms with Gasteiger partial charge in [-0.05, 0) is 25.2 Å². The summed E-state index contributed by atoms with van der Waals surface area (Å²) in [5, 5.41) is 0. The first-order chi connectivity index (χ1) is 8.21. The molecule has 0 amide bonds. The first-order valence-corrected chi connectivity index (χ1v) is 6.79. The van der Waals surface area contributed by atoms with Crippen LogP contribution in [0, 0.1) is 5.82 Å². The summed E-state index contributed by atoms with van der Waals surface area (Å²) in [6, 6.07) is 4.61. The highest BCUT2D eigenvalue weighted by Crippen LogP contribution is 2.22. The van der Waals surface area contributed by atoms with Crippen molar-refractivity contribution in [3.63, 3.8) is 0 Å². The fraction of sp³-hybridized carbons (Fsp3) is 0.462. The van der Waals surface area contributed by atoms with E-state index in [0.717, 1.165) is 25.4 Å². The van der Waals surface area contributed by atoms with Crippen molar-refractivity contribution < 1.29 is 9.18 Å². The Hall–Kier alpha value is -0.870. The Bertz CT molecular complexity index is 366. The van der Waals surface area contributed by atoms with E-state index in [1.807, 2.05) is 0 Å². The number of thioether (sulfide) groups is 1. The van der Waals surface area contributed by atoms with Gasteiger partial charge in [-0.2, -0.15) is 0 Å². The SMILES string of the molecule is CCN(CC)CCSc1ccc(C=O)cc1F. The molecule has 0 heterocycles. The standard InChI is InChI=1S/C13H18FNOS/c1-3-15(4-2)7-8-17-13-6-5-11(10-16)9-12(13)14/h5-6,9-10H,3-4,7-8H2,1-2H3. The van der Waals surface area contributed by atoms with E-state index in [9.17, 15) is 9.18 Å². The van der Waals surface area contributed by atoms with E-state index in [4.69, 9.17) is 0 Å². The number of hydrogen-bond acceptors (Lipinski definition) is 3. The number of hydrogen-bond donors (Lipinski definition) is 0. The zero-order valence-electron chi connectivity index (χ0n) is 10.3. The quantitative estimate of drug-likeness (QED) is 0.551. The third-order valence-corrected chi connectivity index (χ3v) is 3.68. The average Bonchev–Trinajstić information content (AvgIpc) is 2.36. The fourth-order valence-corrected chi connectivity index (χ4v) is 2.46. The lowest BCUT2D eigenvalue weighted by atomic mass is 10.2. The Kier molecular flexibility index (Phi) is 6.22. The van der Waals surface area contributed by atoms with Crippen LogP contribution >= 0.6 is 11.8 Å². The first kappa shape index (κ1) is 14.2. The van der Waals surface area contributed by atoms with E-state index in [1.54, 1.807) is 12.1 Å². The molecule has 0 fully saturated rings. The fourth-order valence-electron chi connectivity index (χ4n) is 1.53. The zero-order valence-corrected chi connectivity index (χ0v) is 11.1.